The van der Waals surface area contributed by atoms with Gasteiger partial charge in [0.2, 0.25) is 0 Å². The van der Waals surface area contributed by atoms with Crippen molar-refractivity contribution in [2.75, 3.05) is 11.9 Å². The molecule has 0 saturated carbocycles. The summed E-state index contributed by atoms with van der Waals surface area (Å²) in [5, 5.41) is 2.84. The zero-order valence-corrected chi connectivity index (χ0v) is 17.4. The van der Waals surface area contributed by atoms with Crippen molar-refractivity contribution in [1.29, 1.82) is 0 Å². The third-order valence-electron chi connectivity index (χ3n) is 4.63. The van der Waals surface area contributed by atoms with E-state index >= 15 is 0 Å². The van der Waals surface area contributed by atoms with Crippen LogP contribution >= 0.6 is 0 Å². The van der Waals surface area contributed by atoms with E-state index in [2.05, 4.69) is 5.32 Å². The van der Waals surface area contributed by atoms with Crippen molar-refractivity contribution in [2.45, 2.75) is 27.4 Å². The smallest absolute Gasteiger partial charge is 0.255 e. The molecule has 0 aliphatic heterocycles. The van der Waals surface area contributed by atoms with Crippen molar-refractivity contribution in [2.24, 2.45) is 0 Å². The lowest BCUT2D eigenvalue weighted by molar-refractivity contribution is 0.101. The van der Waals surface area contributed by atoms with E-state index in [1.165, 1.54) is 6.92 Å². The Bertz CT molecular complexity index is 1060. The molecule has 1 amide bonds. The number of hydrogen-bond acceptors (Lipinski definition) is 4. The van der Waals surface area contributed by atoms with Gasteiger partial charge in [0.25, 0.3) is 5.91 Å². The first kappa shape index (κ1) is 21.1. The van der Waals surface area contributed by atoms with Crippen LogP contribution in [0.5, 0.6) is 11.5 Å². The second-order valence-corrected chi connectivity index (χ2v) is 6.90. The van der Waals surface area contributed by atoms with Crippen LogP contribution in [0.2, 0.25) is 0 Å². The van der Waals surface area contributed by atoms with E-state index in [1.54, 1.807) is 42.5 Å². The molecule has 30 heavy (non-hydrogen) atoms. The van der Waals surface area contributed by atoms with Gasteiger partial charge in [0.05, 0.1) is 6.61 Å². The molecule has 3 rings (SSSR count). The van der Waals surface area contributed by atoms with Crippen molar-refractivity contribution >= 4 is 17.4 Å². The molecule has 0 radical (unpaired) electrons. The van der Waals surface area contributed by atoms with Crippen molar-refractivity contribution in [1.82, 2.24) is 0 Å². The van der Waals surface area contributed by atoms with Gasteiger partial charge in [-0.15, -0.1) is 0 Å². The molecule has 0 spiro atoms. The van der Waals surface area contributed by atoms with Crippen LogP contribution in [0.4, 0.5) is 5.69 Å². The molecule has 1 N–H and O–H groups in total. The van der Waals surface area contributed by atoms with Gasteiger partial charge in [0.1, 0.15) is 18.1 Å². The molecule has 0 aliphatic carbocycles. The average Bonchev–Trinajstić information content (AvgIpc) is 2.74. The minimum atomic E-state index is -0.268. The number of benzene rings is 3. The van der Waals surface area contributed by atoms with Crippen LogP contribution in [-0.2, 0) is 6.61 Å². The number of Topliss-reactive ketones (excluding diaryl/α,β-unsaturated/α-hetero) is 1. The number of nitrogens with one attached hydrogen (secondary N) is 1. The van der Waals surface area contributed by atoms with Crippen LogP contribution in [0.25, 0.3) is 0 Å². The molecule has 0 atom stereocenters. The van der Waals surface area contributed by atoms with Crippen LogP contribution in [0.3, 0.4) is 0 Å². The van der Waals surface area contributed by atoms with Gasteiger partial charge in [-0.1, -0.05) is 30.3 Å². The number of carbonyl (C=O) groups is 2. The standard InChI is InChI=1S/C25H25NO4/c1-4-29-24-13-12-20(14-21(24)16-30-23-11-6-5-8-17(23)2)25(28)26-22-10-7-9-19(15-22)18(3)27/h5-15H,4,16H2,1-3H3,(H,26,28). The van der Waals surface area contributed by atoms with Crippen LogP contribution in [0.1, 0.15) is 45.7 Å². The highest BCUT2D eigenvalue weighted by atomic mass is 16.5. The van der Waals surface area contributed by atoms with Crippen LogP contribution < -0.4 is 14.8 Å². The molecule has 0 aliphatic rings. The van der Waals surface area contributed by atoms with Crippen LogP contribution in [-0.4, -0.2) is 18.3 Å². The topological polar surface area (TPSA) is 64.6 Å². The number of ketones is 1. The fourth-order valence-corrected chi connectivity index (χ4v) is 3.02. The Labute approximate surface area is 176 Å². The summed E-state index contributed by atoms with van der Waals surface area (Å²) < 4.78 is 11.7. The highest BCUT2D eigenvalue weighted by Gasteiger charge is 2.13. The fourth-order valence-electron chi connectivity index (χ4n) is 3.02. The van der Waals surface area contributed by atoms with Crippen molar-refractivity contribution in [3.63, 3.8) is 0 Å². The Hall–Kier alpha value is -3.60. The zero-order chi connectivity index (χ0) is 21.5. The predicted molar refractivity (Wildman–Crippen MR) is 118 cm³/mol. The zero-order valence-electron chi connectivity index (χ0n) is 17.4. The van der Waals surface area contributed by atoms with Gasteiger partial charge in [-0.05, 0) is 62.7 Å². The molecule has 0 unspecified atom stereocenters. The van der Waals surface area contributed by atoms with Crippen LogP contribution in [0, 0.1) is 6.92 Å². The largest absolute Gasteiger partial charge is 0.493 e. The summed E-state index contributed by atoms with van der Waals surface area (Å²) in [6.45, 7) is 6.18. The minimum absolute atomic E-state index is 0.0530. The molecule has 0 fully saturated rings. The Kier molecular flexibility index (Phi) is 6.86. The van der Waals surface area contributed by atoms with E-state index < -0.39 is 0 Å². The number of rotatable bonds is 8. The molecular weight excluding hydrogens is 378 g/mol. The summed E-state index contributed by atoms with van der Waals surface area (Å²) in [6.07, 6.45) is 0. The van der Waals surface area contributed by atoms with E-state index in [9.17, 15) is 9.59 Å². The van der Waals surface area contributed by atoms with Crippen LogP contribution in [0.15, 0.2) is 66.7 Å². The summed E-state index contributed by atoms with van der Waals surface area (Å²) >= 11 is 0. The number of ether oxygens (including phenoxy) is 2. The molecule has 3 aromatic rings. The number of para-hydroxylation sites is 1. The Morgan fingerprint density at radius 1 is 0.867 bits per heavy atom. The van der Waals surface area contributed by atoms with Gasteiger partial charge < -0.3 is 14.8 Å². The van der Waals surface area contributed by atoms with Gasteiger partial charge in [0, 0.05) is 22.4 Å². The predicted octanol–water partition coefficient (Wildman–Crippen LogP) is 5.43. The van der Waals surface area contributed by atoms with E-state index in [1.807, 2.05) is 38.1 Å². The maximum absolute atomic E-state index is 12.8. The Balaban J connectivity index is 1.80. The van der Waals surface area contributed by atoms with Gasteiger partial charge in [-0.3, -0.25) is 9.59 Å². The summed E-state index contributed by atoms with van der Waals surface area (Å²) in [4.78, 5) is 24.3. The summed E-state index contributed by atoms with van der Waals surface area (Å²) in [7, 11) is 0. The third kappa shape index (κ3) is 5.26. The summed E-state index contributed by atoms with van der Waals surface area (Å²) in [5.74, 6) is 1.15. The molecule has 0 saturated heterocycles. The lowest BCUT2D eigenvalue weighted by atomic mass is 10.1. The van der Waals surface area contributed by atoms with Gasteiger partial charge in [0.15, 0.2) is 5.78 Å². The monoisotopic (exact) mass is 403 g/mol. The average molecular weight is 403 g/mol. The molecule has 3 aromatic carbocycles. The van der Waals surface area contributed by atoms with E-state index in [0.29, 0.717) is 29.2 Å². The van der Waals surface area contributed by atoms with Gasteiger partial charge in [-0.2, -0.15) is 0 Å². The lowest BCUT2D eigenvalue weighted by Crippen LogP contribution is -2.13. The minimum Gasteiger partial charge on any atom is -0.493 e. The maximum atomic E-state index is 12.8. The van der Waals surface area contributed by atoms with Crippen molar-refractivity contribution in [3.8, 4) is 11.5 Å². The van der Waals surface area contributed by atoms with Crippen molar-refractivity contribution in [3.05, 3.63) is 89.0 Å². The highest BCUT2D eigenvalue weighted by Crippen LogP contribution is 2.25. The number of amides is 1. The summed E-state index contributed by atoms with van der Waals surface area (Å²) in [6, 6.07) is 19.9. The Morgan fingerprint density at radius 3 is 2.40 bits per heavy atom. The lowest BCUT2D eigenvalue weighted by Gasteiger charge is -2.14. The molecule has 154 valence electrons. The fraction of sp³-hybridized carbons (Fsp3) is 0.200. The van der Waals surface area contributed by atoms with Crippen molar-refractivity contribution < 1.29 is 19.1 Å². The SMILES string of the molecule is CCOc1ccc(C(=O)Nc2cccc(C(C)=O)c2)cc1COc1ccccc1C. The first-order valence-electron chi connectivity index (χ1n) is 9.84. The summed E-state index contributed by atoms with van der Waals surface area (Å²) in [5.41, 5.74) is 3.42. The highest BCUT2D eigenvalue weighted by molar-refractivity contribution is 6.05. The number of aryl methyl sites for hydroxylation is 1. The quantitative estimate of drug-likeness (QED) is 0.510. The van der Waals surface area contributed by atoms with E-state index in [4.69, 9.17) is 9.47 Å². The molecule has 5 nitrogen and oxygen atoms in total. The molecule has 5 heteroatoms. The first-order chi connectivity index (χ1) is 14.5. The maximum Gasteiger partial charge on any atom is 0.255 e. The second kappa shape index (κ2) is 9.74. The van der Waals surface area contributed by atoms with Gasteiger partial charge >= 0.3 is 0 Å². The molecule has 0 bridgehead atoms. The molecule has 0 heterocycles. The normalized spacial score (nSPS) is 10.4. The molecular formula is C25H25NO4. The van der Waals surface area contributed by atoms with Gasteiger partial charge in [-0.25, -0.2) is 0 Å². The van der Waals surface area contributed by atoms with E-state index in [-0.39, 0.29) is 18.3 Å². The number of carbonyl (C=O) groups excluding carboxylic acids is 2. The number of anilines is 1. The third-order valence-corrected chi connectivity index (χ3v) is 4.63. The number of hydrogen-bond donors (Lipinski definition) is 1. The molecule has 0 aromatic heterocycles. The van der Waals surface area contributed by atoms with E-state index in [0.717, 1.165) is 16.9 Å². The first-order valence-corrected chi connectivity index (χ1v) is 9.84. The second-order valence-electron chi connectivity index (χ2n) is 6.90. The Morgan fingerprint density at radius 2 is 1.67 bits per heavy atom.